The van der Waals surface area contributed by atoms with E-state index in [4.69, 9.17) is 0 Å². The predicted molar refractivity (Wildman–Crippen MR) is 50.7 cm³/mol. The van der Waals surface area contributed by atoms with Gasteiger partial charge in [0.1, 0.15) is 18.7 Å². The standard InChI is InChI=1S/C8H15NO3S/c1-2-5-8(10)9-6-3-4-7-13(9,11)12/h2-7H2,1H3/p+2. The van der Waals surface area contributed by atoms with Gasteiger partial charge >= 0.3 is 15.9 Å². The quantitative estimate of drug-likeness (QED) is 0.609. The van der Waals surface area contributed by atoms with Crippen LogP contribution in [0, 0.1) is 0 Å². The van der Waals surface area contributed by atoms with Crippen LogP contribution in [0.25, 0.3) is 0 Å². The molecule has 1 atom stereocenters. The fourth-order valence-electron chi connectivity index (χ4n) is 1.56. The molecule has 0 aromatic heterocycles. The third-order valence-corrected chi connectivity index (χ3v) is 4.27. The van der Waals surface area contributed by atoms with Crippen molar-refractivity contribution in [2.24, 2.45) is 0 Å². The van der Waals surface area contributed by atoms with Gasteiger partial charge in [-0.25, -0.2) is 4.79 Å². The Bertz CT molecular complexity index is 284. The fourth-order valence-corrected chi connectivity index (χ4v) is 3.30. The maximum Gasteiger partial charge on any atom is 0.494 e. The second kappa shape index (κ2) is 4.19. The molecule has 0 radical (unpaired) electrons. The largest absolute Gasteiger partial charge is 0.494 e. The lowest BCUT2D eigenvalue weighted by atomic mass is 10.3. The van der Waals surface area contributed by atoms with Gasteiger partial charge in [0.2, 0.25) is 0 Å². The van der Waals surface area contributed by atoms with Crippen LogP contribution < -0.4 is 4.31 Å². The molecule has 1 saturated heterocycles. The fraction of sp³-hybridized carbons (Fsp3) is 0.875. The van der Waals surface area contributed by atoms with Crippen LogP contribution >= 0.6 is 0 Å². The van der Waals surface area contributed by atoms with Crippen molar-refractivity contribution in [1.82, 2.24) is 0 Å². The van der Waals surface area contributed by atoms with Crippen LogP contribution in [0.5, 0.6) is 0 Å². The highest BCUT2D eigenvalue weighted by molar-refractivity contribution is 7.85. The van der Waals surface area contributed by atoms with E-state index in [1.54, 1.807) is 0 Å². The Morgan fingerprint density at radius 3 is 2.69 bits per heavy atom. The Hall–Kier alpha value is -0.420. The van der Waals surface area contributed by atoms with E-state index in [1.165, 1.54) is 0 Å². The first-order valence-corrected chi connectivity index (χ1v) is 6.37. The van der Waals surface area contributed by atoms with Crippen LogP contribution in [-0.4, -0.2) is 31.4 Å². The molecule has 0 aromatic rings. The van der Waals surface area contributed by atoms with Crippen LogP contribution in [-0.2, 0) is 10.0 Å². The Labute approximate surface area is 79.0 Å². The van der Waals surface area contributed by atoms with Gasteiger partial charge in [-0.3, -0.25) is 0 Å². The number of hydrogen-bond acceptors (Lipinski definition) is 2. The van der Waals surface area contributed by atoms with Gasteiger partial charge in [-0.2, -0.15) is 8.42 Å². The molecule has 1 aliphatic rings. The molecule has 2 N–H and O–H groups in total. The smallest absolute Gasteiger partial charge is 0.230 e. The summed E-state index contributed by atoms with van der Waals surface area (Å²) in [7, 11) is -3.12. The van der Waals surface area contributed by atoms with Crippen molar-refractivity contribution in [3.05, 3.63) is 0 Å². The SMILES string of the molecule is CCCC(=[OH+])[NH+]1CCCCS1(=O)=O. The van der Waals surface area contributed by atoms with Gasteiger partial charge in [0.15, 0.2) is 0 Å². The third kappa shape index (κ3) is 2.51. The molecule has 1 unspecified atom stereocenters. The van der Waals surface area contributed by atoms with Gasteiger partial charge in [-0.15, -0.1) is 4.31 Å². The summed E-state index contributed by atoms with van der Waals surface area (Å²) in [6, 6.07) is 0. The molecule has 1 fully saturated rings. The van der Waals surface area contributed by atoms with Gasteiger partial charge in [0.05, 0.1) is 0 Å². The summed E-state index contributed by atoms with van der Waals surface area (Å²) in [6.07, 6.45) is 2.87. The van der Waals surface area contributed by atoms with Crippen LogP contribution in [0.3, 0.4) is 0 Å². The van der Waals surface area contributed by atoms with Crippen molar-refractivity contribution >= 4 is 15.9 Å². The summed E-state index contributed by atoms with van der Waals surface area (Å²) in [5.41, 5.74) is 0. The van der Waals surface area contributed by atoms with Crippen molar-refractivity contribution < 1.29 is 17.5 Å². The average molecular weight is 207 g/mol. The van der Waals surface area contributed by atoms with Gasteiger partial charge in [0, 0.05) is 0 Å². The molecule has 76 valence electrons. The summed E-state index contributed by atoms with van der Waals surface area (Å²) < 4.78 is 23.3. The van der Waals surface area contributed by atoms with Gasteiger partial charge < -0.3 is 0 Å². The molecule has 0 aliphatic carbocycles. The zero-order chi connectivity index (χ0) is 9.90. The highest BCUT2D eigenvalue weighted by Crippen LogP contribution is 1.97. The van der Waals surface area contributed by atoms with E-state index in [1.807, 2.05) is 6.92 Å². The van der Waals surface area contributed by atoms with E-state index >= 15 is 0 Å². The maximum absolute atomic E-state index is 11.5. The third-order valence-electron chi connectivity index (χ3n) is 2.25. The van der Waals surface area contributed by atoms with E-state index < -0.39 is 10.0 Å². The number of hydrogen-bond donors (Lipinski definition) is 1. The summed E-state index contributed by atoms with van der Waals surface area (Å²) >= 11 is 0. The Kier molecular flexibility index (Phi) is 3.44. The van der Waals surface area contributed by atoms with Crippen molar-refractivity contribution in [1.29, 1.82) is 0 Å². The number of quaternary nitrogens is 1. The van der Waals surface area contributed by atoms with E-state index in [-0.39, 0.29) is 11.7 Å². The van der Waals surface area contributed by atoms with Crippen molar-refractivity contribution in [2.45, 2.75) is 32.6 Å². The first-order chi connectivity index (χ1) is 6.08. The van der Waals surface area contributed by atoms with Gasteiger partial charge in [-0.1, -0.05) is 6.92 Å². The van der Waals surface area contributed by atoms with Crippen LogP contribution in [0.4, 0.5) is 0 Å². The monoisotopic (exact) mass is 207 g/mol. The van der Waals surface area contributed by atoms with E-state index in [0.717, 1.165) is 19.3 Å². The number of sulfonamides is 1. The number of amides is 1. The van der Waals surface area contributed by atoms with E-state index in [9.17, 15) is 13.2 Å². The molecule has 0 spiro atoms. The van der Waals surface area contributed by atoms with Crippen LogP contribution in [0.1, 0.15) is 32.6 Å². The molecule has 1 rings (SSSR count). The summed E-state index contributed by atoms with van der Waals surface area (Å²) in [5, 5.41) is 0. The van der Waals surface area contributed by atoms with Crippen LogP contribution in [0.15, 0.2) is 0 Å². The first kappa shape index (κ1) is 10.7. The molecule has 1 amide bonds. The molecule has 0 bridgehead atoms. The number of rotatable bonds is 2. The highest BCUT2D eigenvalue weighted by Gasteiger charge is 2.38. The first-order valence-electron chi connectivity index (χ1n) is 4.71. The molecule has 13 heavy (non-hydrogen) atoms. The summed E-state index contributed by atoms with van der Waals surface area (Å²) in [4.78, 5) is 9.51. The normalized spacial score (nSPS) is 27.0. The van der Waals surface area contributed by atoms with E-state index in [2.05, 4.69) is 0 Å². The van der Waals surface area contributed by atoms with Gasteiger partial charge in [0.25, 0.3) is 0 Å². The number of nitrogens with one attached hydrogen (secondary N) is 1. The topological polar surface area (TPSA) is 60.0 Å². The highest BCUT2D eigenvalue weighted by atomic mass is 32.2. The summed E-state index contributed by atoms with van der Waals surface area (Å²) in [6.45, 7) is 2.44. The zero-order valence-corrected chi connectivity index (χ0v) is 8.73. The van der Waals surface area contributed by atoms with Crippen LogP contribution in [0.2, 0.25) is 0 Å². The average Bonchev–Trinajstić information content (AvgIpc) is 2.03. The lowest BCUT2D eigenvalue weighted by Gasteiger charge is -2.17. The zero-order valence-electron chi connectivity index (χ0n) is 7.91. The lowest BCUT2D eigenvalue weighted by Crippen LogP contribution is -3.17. The molecular formula is C8H17NO3S+2. The Balaban J connectivity index is 2.71. The van der Waals surface area contributed by atoms with Crippen molar-refractivity contribution in [3.8, 4) is 0 Å². The molecule has 4 nitrogen and oxygen atoms in total. The molecule has 1 aliphatic heterocycles. The minimum Gasteiger partial charge on any atom is -0.230 e. The predicted octanol–water partition coefficient (Wildman–Crippen LogP) is -0.703. The second-order valence-corrected chi connectivity index (χ2v) is 5.53. The second-order valence-electron chi connectivity index (χ2n) is 3.40. The molecule has 1 heterocycles. The van der Waals surface area contributed by atoms with E-state index in [0.29, 0.717) is 17.3 Å². The van der Waals surface area contributed by atoms with Crippen molar-refractivity contribution in [3.63, 3.8) is 0 Å². The van der Waals surface area contributed by atoms with Crippen molar-refractivity contribution in [2.75, 3.05) is 12.3 Å². The summed E-state index contributed by atoms with van der Waals surface area (Å²) in [5.74, 6) is 0.290. The Morgan fingerprint density at radius 1 is 1.46 bits per heavy atom. The molecule has 0 saturated carbocycles. The number of carbonyl (C=O) groups excluding carboxylic acids is 1. The Morgan fingerprint density at radius 2 is 2.15 bits per heavy atom. The van der Waals surface area contributed by atoms with Gasteiger partial charge in [-0.05, 0) is 19.3 Å². The molecule has 0 aromatic carbocycles. The lowest BCUT2D eigenvalue weighted by molar-refractivity contribution is -0.671. The molecular weight excluding hydrogens is 190 g/mol. The minimum atomic E-state index is -3.12. The molecule has 5 heteroatoms. The maximum atomic E-state index is 11.5. The minimum absolute atomic E-state index is 0.0854.